The summed E-state index contributed by atoms with van der Waals surface area (Å²) in [5.74, 6) is -1.12. The van der Waals surface area contributed by atoms with Crippen molar-refractivity contribution >= 4 is 29.1 Å². The van der Waals surface area contributed by atoms with E-state index < -0.39 is 11.8 Å². The SMILES string of the molecule is CC.Cc1cc(NC(=O)C(=O)N2CCNCC2)cc(Cl)c1C. The quantitative estimate of drug-likeness (QED) is 0.779. The van der Waals surface area contributed by atoms with Crippen LogP contribution in [0.5, 0.6) is 0 Å². The standard InChI is InChI=1S/C14H18ClN3O2.C2H6/c1-9-7-11(8-12(15)10(9)2)17-13(19)14(20)18-5-3-16-4-6-18;1-2/h7-8,16H,3-6H2,1-2H3,(H,17,19);1-2H3. The minimum Gasteiger partial charge on any atom is -0.332 e. The molecular weight excluding hydrogens is 302 g/mol. The van der Waals surface area contributed by atoms with Gasteiger partial charge in [-0.15, -0.1) is 0 Å². The smallest absolute Gasteiger partial charge is 0.313 e. The summed E-state index contributed by atoms with van der Waals surface area (Å²) in [5.41, 5.74) is 2.49. The van der Waals surface area contributed by atoms with Gasteiger partial charge >= 0.3 is 11.8 Å². The number of piperazine rings is 1. The lowest BCUT2D eigenvalue weighted by molar-refractivity contribution is -0.143. The summed E-state index contributed by atoms with van der Waals surface area (Å²) in [7, 11) is 0. The molecule has 2 amide bonds. The van der Waals surface area contributed by atoms with Crippen molar-refractivity contribution in [1.29, 1.82) is 0 Å². The van der Waals surface area contributed by atoms with Gasteiger partial charge in [0.2, 0.25) is 0 Å². The molecule has 122 valence electrons. The maximum Gasteiger partial charge on any atom is 0.313 e. The zero-order valence-corrected chi connectivity index (χ0v) is 14.4. The predicted molar refractivity (Wildman–Crippen MR) is 90.4 cm³/mol. The molecule has 1 aliphatic heterocycles. The van der Waals surface area contributed by atoms with Crippen LogP contribution in [0.15, 0.2) is 12.1 Å². The number of aryl methyl sites for hydroxylation is 1. The molecule has 1 fully saturated rings. The van der Waals surface area contributed by atoms with Crippen molar-refractivity contribution in [2.75, 3.05) is 31.5 Å². The summed E-state index contributed by atoms with van der Waals surface area (Å²) in [4.78, 5) is 25.5. The molecule has 0 unspecified atom stereocenters. The van der Waals surface area contributed by atoms with Crippen molar-refractivity contribution in [3.63, 3.8) is 0 Å². The van der Waals surface area contributed by atoms with Crippen LogP contribution in [0.4, 0.5) is 5.69 Å². The van der Waals surface area contributed by atoms with Crippen LogP contribution in [0.25, 0.3) is 0 Å². The van der Waals surface area contributed by atoms with E-state index in [1.165, 1.54) is 0 Å². The molecule has 2 N–H and O–H groups in total. The summed E-state index contributed by atoms with van der Waals surface area (Å²) in [6.45, 7) is 10.4. The highest BCUT2D eigenvalue weighted by Gasteiger charge is 2.23. The molecule has 1 aliphatic rings. The first kappa shape index (κ1) is 18.5. The Kier molecular flexibility index (Phi) is 7.35. The van der Waals surface area contributed by atoms with Crippen molar-refractivity contribution in [1.82, 2.24) is 10.2 Å². The Morgan fingerprint density at radius 3 is 2.32 bits per heavy atom. The predicted octanol–water partition coefficient (Wildman–Crippen LogP) is 2.35. The number of rotatable bonds is 1. The Bertz CT molecular complexity index is 517. The number of amides is 2. The lowest BCUT2D eigenvalue weighted by Gasteiger charge is -2.26. The Morgan fingerprint density at radius 2 is 1.77 bits per heavy atom. The fraction of sp³-hybridized carbons (Fsp3) is 0.500. The number of benzene rings is 1. The van der Waals surface area contributed by atoms with Crippen LogP contribution >= 0.6 is 11.6 Å². The zero-order valence-electron chi connectivity index (χ0n) is 13.6. The van der Waals surface area contributed by atoms with E-state index in [9.17, 15) is 9.59 Å². The number of hydrogen-bond acceptors (Lipinski definition) is 3. The number of carbonyl (C=O) groups is 2. The maximum atomic E-state index is 12.0. The van der Waals surface area contributed by atoms with Gasteiger partial charge in [0, 0.05) is 36.9 Å². The molecule has 1 saturated heterocycles. The number of halogens is 1. The van der Waals surface area contributed by atoms with E-state index in [4.69, 9.17) is 11.6 Å². The van der Waals surface area contributed by atoms with E-state index in [-0.39, 0.29) is 0 Å². The highest BCUT2D eigenvalue weighted by molar-refractivity contribution is 6.39. The third kappa shape index (κ3) is 4.71. The Hall–Kier alpha value is -1.59. The number of nitrogens with one attached hydrogen (secondary N) is 2. The molecule has 1 heterocycles. The van der Waals surface area contributed by atoms with Crippen molar-refractivity contribution in [3.8, 4) is 0 Å². The minimum atomic E-state index is -0.619. The topological polar surface area (TPSA) is 61.4 Å². The van der Waals surface area contributed by atoms with Crippen LogP contribution in [0.2, 0.25) is 5.02 Å². The van der Waals surface area contributed by atoms with Gasteiger partial charge in [-0.2, -0.15) is 0 Å². The normalized spacial score (nSPS) is 14.0. The summed E-state index contributed by atoms with van der Waals surface area (Å²) >= 11 is 6.08. The van der Waals surface area contributed by atoms with Gasteiger partial charge in [0.25, 0.3) is 0 Å². The number of carbonyl (C=O) groups excluding carboxylic acids is 2. The van der Waals surface area contributed by atoms with Gasteiger partial charge in [-0.3, -0.25) is 9.59 Å². The van der Waals surface area contributed by atoms with Gasteiger partial charge in [0.15, 0.2) is 0 Å². The minimum absolute atomic E-state index is 0.499. The Balaban J connectivity index is 0.00000116. The van der Waals surface area contributed by atoms with Crippen molar-refractivity contribution < 1.29 is 9.59 Å². The van der Waals surface area contributed by atoms with E-state index in [0.717, 1.165) is 11.1 Å². The second kappa shape index (κ2) is 8.76. The second-order valence-electron chi connectivity index (χ2n) is 4.90. The van der Waals surface area contributed by atoms with Gasteiger partial charge < -0.3 is 15.5 Å². The molecule has 0 aliphatic carbocycles. The van der Waals surface area contributed by atoms with Gasteiger partial charge in [0.1, 0.15) is 0 Å². The Labute approximate surface area is 137 Å². The molecule has 0 bridgehead atoms. The third-order valence-electron chi connectivity index (χ3n) is 3.46. The van der Waals surface area contributed by atoms with Gasteiger partial charge in [-0.05, 0) is 37.1 Å². The Morgan fingerprint density at radius 1 is 1.18 bits per heavy atom. The lowest BCUT2D eigenvalue weighted by Crippen LogP contribution is -2.49. The molecule has 0 atom stereocenters. The first-order valence-corrected chi connectivity index (χ1v) is 7.94. The zero-order chi connectivity index (χ0) is 16.7. The number of anilines is 1. The first-order valence-electron chi connectivity index (χ1n) is 7.57. The molecule has 0 spiro atoms. The number of hydrogen-bond donors (Lipinski definition) is 2. The average molecular weight is 326 g/mol. The fourth-order valence-electron chi connectivity index (χ4n) is 2.08. The van der Waals surface area contributed by atoms with Crippen molar-refractivity contribution in [3.05, 3.63) is 28.3 Å². The van der Waals surface area contributed by atoms with Crippen LogP contribution in [0, 0.1) is 13.8 Å². The number of nitrogens with zero attached hydrogens (tertiary/aromatic N) is 1. The van der Waals surface area contributed by atoms with E-state index >= 15 is 0 Å². The molecule has 1 aromatic carbocycles. The molecule has 1 aromatic rings. The summed E-state index contributed by atoms with van der Waals surface area (Å²) < 4.78 is 0. The van der Waals surface area contributed by atoms with Crippen molar-refractivity contribution in [2.45, 2.75) is 27.7 Å². The second-order valence-corrected chi connectivity index (χ2v) is 5.30. The van der Waals surface area contributed by atoms with Gasteiger partial charge in [0.05, 0.1) is 0 Å². The molecule has 2 rings (SSSR count). The molecule has 0 radical (unpaired) electrons. The van der Waals surface area contributed by atoms with E-state index in [2.05, 4.69) is 10.6 Å². The average Bonchev–Trinajstić information content (AvgIpc) is 2.54. The summed E-state index contributed by atoms with van der Waals surface area (Å²) in [6.07, 6.45) is 0. The van der Waals surface area contributed by atoms with Gasteiger partial charge in [-0.25, -0.2) is 0 Å². The van der Waals surface area contributed by atoms with E-state index in [0.29, 0.717) is 36.9 Å². The van der Waals surface area contributed by atoms with Crippen LogP contribution in [0.1, 0.15) is 25.0 Å². The highest BCUT2D eigenvalue weighted by Crippen LogP contribution is 2.24. The largest absolute Gasteiger partial charge is 0.332 e. The van der Waals surface area contributed by atoms with Crippen LogP contribution in [0.3, 0.4) is 0 Å². The first-order chi connectivity index (χ1) is 10.5. The molecule has 0 aromatic heterocycles. The summed E-state index contributed by atoms with van der Waals surface area (Å²) in [6, 6.07) is 3.47. The van der Waals surface area contributed by atoms with Crippen LogP contribution in [-0.2, 0) is 9.59 Å². The molecule has 0 saturated carbocycles. The van der Waals surface area contributed by atoms with Gasteiger partial charge in [-0.1, -0.05) is 25.4 Å². The lowest BCUT2D eigenvalue weighted by atomic mass is 10.1. The van der Waals surface area contributed by atoms with E-state index in [1.54, 1.807) is 11.0 Å². The molecule has 22 heavy (non-hydrogen) atoms. The molecule has 5 nitrogen and oxygen atoms in total. The monoisotopic (exact) mass is 325 g/mol. The van der Waals surface area contributed by atoms with Crippen molar-refractivity contribution in [2.24, 2.45) is 0 Å². The maximum absolute atomic E-state index is 12.0. The van der Waals surface area contributed by atoms with Crippen LogP contribution < -0.4 is 10.6 Å². The molecule has 6 heteroatoms. The van der Waals surface area contributed by atoms with E-state index in [1.807, 2.05) is 33.8 Å². The molecular formula is C16H24ClN3O2. The summed E-state index contributed by atoms with van der Waals surface area (Å²) in [5, 5.41) is 6.33. The third-order valence-corrected chi connectivity index (χ3v) is 3.85. The highest BCUT2D eigenvalue weighted by atomic mass is 35.5. The van der Waals surface area contributed by atoms with Crippen LogP contribution in [-0.4, -0.2) is 42.9 Å². The fourth-order valence-corrected chi connectivity index (χ4v) is 2.35.